The predicted molar refractivity (Wildman–Crippen MR) is 88.2 cm³/mol. The number of carbonyl (C=O) groups is 2. The zero-order chi connectivity index (χ0) is 17.6. The van der Waals surface area contributed by atoms with Gasteiger partial charge in [0.25, 0.3) is 5.91 Å². The molecule has 0 atom stereocenters. The Bertz CT molecular complexity index is 734. The van der Waals surface area contributed by atoms with Crippen molar-refractivity contribution in [1.82, 2.24) is 25.0 Å². The Balaban J connectivity index is 1.54. The van der Waals surface area contributed by atoms with Crippen LogP contribution >= 0.6 is 0 Å². The quantitative estimate of drug-likeness (QED) is 0.904. The molecule has 0 saturated carbocycles. The third-order valence-electron chi connectivity index (χ3n) is 4.27. The smallest absolute Gasteiger partial charge is 0.255 e. The predicted octanol–water partition coefficient (Wildman–Crippen LogP) is 1.25. The SMILES string of the molecule is O=C(CCc1cn[nH]c1)N1CCCN(C(=O)c2cncc(F)c2)CC1. The fourth-order valence-corrected chi connectivity index (χ4v) is 2.91. The number of aryl methyl sites for hydroxylation is 1. The summed E-state index contributed by atoms with van der Waals surface area (Å²) in [6.07, 6.45) is 7.69. The number of aromatic nitrogens is 3. The highest BCUT2D eigenvalue weighted by Crippen LogP contribution is 2.11. The monoisotopic (exact) mass is 345 g/mol. The number of hydrogen-bond acceptors (Lipinski definition) is 4. The molecule has 0 bridgehead atoms. The first kappa shape index (κ1) is 17.1. The number of H-pyrrole nitrogens is 1. The van der Waals surface area contributed by atoms with Gasteiger partial charge in [0.15, 0.2) is 0 Å². The van der Waals surface area contributed by atoms with E-state index in [-0.39, 0.29) is 17.4 Å². The lowest BCUT2D eigenvalue weighted by atomic mass is 10.2. The number of aromatic amines is 1. The van der Waals surface area contributed by atoms with Crippen molar-refractivity contribution in [3.63, 3.8) is 0 Å². The average molecular weight is 345 g/mol. The van der Waals surface area contributed by atoms with E-state index in [4.69, 9.17) is 0 Å². The van der Waals surface area contributed by atoms with Crippen LogP contribution in [0.3, 0.4) is 0 Å². The number of rotatable bonds is 4. The second-order valence-corrected chi connectivity index (χ2v) is 6.02. The van der Waals surface area contributed by atoms with Crippen LogP contribution < -0.4 is 0 Å². The Morgan fingerprint density at radius 3 is 2.68 bits per heavy atom. The number of amides is 2. The van der Waals surface area contributed by atoms with Crippen LogP contribution in [0.2, 0.25) is 0 Å². The Morgan fingerprint density at radius 2 is 1.92 bits per heavy atom. The first-order valence-electron chi connectivity index (χ1n) is 8.29. The molecular weight excluding hydrogens is 325 g/mol. The van der Waals surface area contributed by atoms with E-state index in [2.05, 4.69) is 15.2 Å². The normalized spacial score (nSPS) is 15.1. The van der Waals surface area contributed by atoms with Gasteiger partial charge in [-0.15, -0.1) is 0 Å². The topological polar surface area (TPSA) is 82.2 Å². The molecule has 2 aromatic rings. The summed E-state index contributed by atoms with van der Waals surface area (Å²) in [5.74, 6) is -0.709. The van der Waals surface area contributed by atoms with Gasteiger partial charge in [-0.1, -0.05) is 0 Å². The first-order valence-corrected chi connectivity index (χ1v) is 8.29. The Labute approximate surface area is 144 Å². The standard InChI is InChI=1S/C17H20FN5O2/c18-15-8-14(11-19-12-15)17(25)23-5-1-4-22(6-7-23)16(24)3-2-13-9-20-21-10-13/h8-12H,1-7H2,(H,20,21). The van der Waals surface area contributed by atoms with Crippen molar-refractivity contribution in [3.05, 3.63) is 47.8 Å². The summed E-state index contributed by atoms with van der Waals surface area (Å²) in [4.78, 5) is 32.0. The van der Waals surface area contributed by atoms with Crippen LogP contribution in [0.5, 0.6) is 0 Å². The number of nitrogens with one attached hydrogen (secondary N) is 1. The second kappa shape index (κ2) is 7.87. The molecule has 1 N–H and O–H groups in total. The molecule has 0 aromatic carbocycles. The third kappa shape index (κ3) is 4.40. The van der Waals surface area contributed by atoms with Crippen LogP contribution in [0, 0.1) is 5.82 Å². The minimum atomic E-state index is -0.531. The summed E-state index contributed by atoms with van der Waals surface area (Å²) >= 11 is 0. The van der Waals surface area contributed by atoms with E-state index in [0.29, 0.717) is 45.4 Å². The molecule has 132 valence electrons. The summed E-state index contributed by atoms with van der Waals surface area (Å²) in [6.45, 7) is 2.09. The van der Waals surface area contributed by atoms with Gasteiger partial charge >= 0.3 is 0 Å². The number of hydrogen-bond donors (Lipinski definition) is 1. The summed E-state index contributed by atoms with van der Waals surface area (Å²) in [7, 11) is 0. The molecule has 3 rings (SSSR count). The van der Waals surface area contributed by atoms with Crippen molar-refractivity contribution in [2.24, 2.45) is 0 Å². The van der Waals surface area contributed by atoms with Gasteiger partial charge in [0.05, 0.1) is 18.0 Å². The van der Waals surface area contributed by atoms with E-state index in [1.807, 2.05) is 0 Å². The van der Waals surface area contributed by atoms with Gasteiger partial charge in [0.2, 0.25) is 5.91 Å². The zero-order valence-corrected chi connectivity index (χ0v) is 13.8. The summed E-state index contributed by atoms with van der Waals surface area (Å²) in [6, 6.07) is 1.19. The Morgan fingerprint density at radius 1 is 1.12 bits per heavy atom. The molecule has 2 amide bonds. The number of carbonyl (C=O) groups excluding carboxylic acids is 2. The fourth-order valence-electron chi connectivity index (χ4n) is 2.91. The lowest BCUT2D eigenvalue weighted by molar-refractivity contribution is -0.131. The minimum absolute atomic E-state index is 0.0721. The lowest BCUT2D eigenvalue weighted by Gasteiger charge is -2.22. The van der Waals surface area contributed by atoms with Crippen molar-refractivity contribution in [2.75, 3.05) is 26.2 Å². The van der Waals surface area contributed by atoms with Crippen molar-refractivity contribution in [2.45, 2.75) is 19.3 Å². The largest absolute Gasteiger partial charge is 0.341 e. The molecule has 1 aliphatic rings. The molecule has 0 unspecified atom stereocenters. The molecule has 0 aliphatic carbocycles. The summed E-state index contributed by atoms with van der Waals surface area (Å²) in [5.41, 5.74) is 1.23. The van der Waals surface area contributed by atoms with E-state index < -0.39 is 5.82 Å². The number of pyridine rings is 1. The summed E-state index contributed by atoms with van der Waals surface area (Å²) < 4.78 is 13.3. The van der Waals surface area contributed by atoms with Gasteiger partial charge in [-0.2, -0.15) is 5.10 Å². The van der Waals surface area contributed by atoms with E-state index in [9.17, 15) is 14.0 Å². The molecular formula is C17H20FN5O2. The van der Waals surface area contributed by atoms with Gasteiger partial charge in [0.1, 0.15) is 5.82 Å². The number of halogens is 1. The van der Waals surface area contributed by atoms with Crippen LogP contribution in [-0.4, -0.2) is 63.0 Å². The fraction of sp³-hybridized carbons (Fsp3) is 0.412. The minimum Gasteiger partial charge on any atom is -0.341 e. The van der Waals surface area contributed by atoms with Gasteiger partial charge in [-0.3, -0.25) is 19.7 Å². The van der Waals surface area contributed by atoms with Gasteiger partial charge < -0.3 is 9.80 Å². The van der Waals surface area contributed by atoms with E-state index in [0.717, 1.165) is 11.8 Å². The van der Waals surface area contributed by atoms with Crippen LogP contribution in [-0.2, 0) is 11.2 Å². The molecule has 8 heteroatoms. The third-order valence-corrected chi connectivity index (χ3v) is 4.27. The highest BCUT2D eigenvalue weighted by Gasteiger charge is 2.23. The van der Waals surface area contributed by atoms with Crippen molar-refractivity contribution < 1.29 is 14.0 Å². The molecule has 1 aliphatic heterocycles. The maximum absolute atomic E-state index is 13.3. The van der Waals surface area contributed by atoms with E-state index >= 15 is 0 Å². The molecule has 0 spiro atoms. The molecule has 1 saturated heterocycles. The van der Waals surface area contributed by atoms with Crippen molar-refractivity contribution >= 4 is 11.8 Å². The molecule has 25 heavy (non-hydrogen) atoms. The molecule has 1 fully saturated rings. The van der Waals surface area contributed by atoms with E-state index in [1.54, 1.807) is 22.2 Å². The first-order chi connectivity index (χ1) is 12.1. The van der Waals surface area contributed by atoms with Gasteiger partial charge in [-0.25, -0.2) is 4.39 Å². The van der Waals surface area contributed by atoms with Gasteiger partial charge in [0, 0.05) is 45.0 Å². The highest BCUT2D eigenvalue weighted by molar-refractivity contribution is 5.94. The van der Waals surface area contributed by atoms with Crippen LogP contribution in [0.25, 0.3) is 0 Å². The molecule has 7 nitrogen and oxygen atoms in total. The van der Waals surface area contributed by atoms with Crippen LogP contribution in [0.4, 0.5) is 4.39 Å². The Kier molecular flexibility index (Phi) is 5.37. The van der Waals surface area contributed by atoms with Crippen molar-refractivity contribution in [3.8, 4) is 0 Å². The maximum Gasteiger partial charge on any atom is 0.255 e. The second-order valence-electron chi connectivity index (χ2n) is 6.02. The maximum atomic E-state index is 13.3. The zero-order valence-electron chi connectivity index (χ0n) is 13.8. The lowest BCUT2D eigenvalue weighted by Crippen LogP contribution is -2.37. The Hall–Kier alpha value is -2.77. The molecule has 0 radical (unpaired) electrons. The van der Waals surface area contributed by atoms with Crippen LogP contribution in [0.15, 0.2) is 30.9 Å². The molecule has 3 heterocycles. The summed E-state index contributed by atoms with van der Waals surface area (Å²) in [5, 5.41) is 6.60. The van der Waals surface area contributed by atoms with Crippen LogP contribution in [0.1, 0.15) is 28.8 Å². The molecule has 2 aromatic heterocycles. The highest BCUT2D eigenvalue weighted by atomic mass is 19.1. The van der Waals surface area contributed by atoms with Crippen molar-refractivity contribution in [1.29, 1.82) is 0 Å². The number of nitrogens with zero attached hydrogens (tertiary/aromatic N) is 4. The van der Waals surface area contributed by atoms with Gasteiger partial charge in [-0.05, 0) is 24.5 Å². The van der Waals surface area contributed by atoms with E-state index in [1.165, 1.54) is 12.3 Å². The average Bonchev–Trinajstić information content (AvgIpc) is 3.01.